The molecule has 0 spiro atoms. The Hall–Kier alpha value is -0.545. The Labute approximate surface area is 87.6 Å². The van der Waals surface area contributed by atoms with Crippen molar-refractivity contribution in [2.75, 3.05) is 0 Å². The molecule has 0 heterocycles. The summed E-state index contributed by atoms with van der Waals surface area (Å²) in [6.07, 6.45) is 1.88. The van der Waals surface area contributed by atoms with Gasteiger partial charge in [0.25, 0.3) is 0 Å². The van der Waals surface area contributed by atoms with E-state index < -0.39 is 7.12 Å². The van der Waals surface area contributed by atoms with Gasteiger partial charge in [-0.25, -0.2) is 0 Å². The summed E-state index contributed by atoms with van der Waals surface area (Å²) in [6.45, 7) is 0. The molecule has 4 N–H and O–H groups in total. The predicted molar refractivity (Wildman–Crippen MR) is 56.4 cm³/mol. The van der Waals surface area contributed by atoms with Crippen molar-refractivity contribution < 1.29 is 10.0 Å². The molecule has 74 valence electrons. The van der Waals surface area contributed by atoms with Gasteiger partial charge in [-0.15, -0.1) is 0 Å². The lowest BCUT2D eigenvalue weighted by molar-refractivity contribution is 0.425. The average molecular weight is 211 g/mol. The highest BCUT2D eigenvalue weighted by Gasteiger charge is 2.40. The molecular formula is C9H11BClNO2. The molecule has 0 atom stereocenters. The molecule has 14 heavy (non-hydrogen) atoms. The second-order valence-corrected chi connectivity index (χ2v) is 4.17. The SMILES string of the molecule is NC1(c2ccc(Cl)c(B(O)O)c2)CC1. The number of nitrogens with two attached hydrogens (primary N) is 1. The Balaban J connectivity index is 2.41. The molecule has 3 nitrogen and oxygen atoms in total. The minimum Gasteiger partial charge on any atom is -0.423 e. The molecule has 1 aliphatic rings. The van der Waals surface area contributed by atoms with Crippen LogP contribution in [0.5, 0.6) is 0 Å². The van der Waals surface area contributed by atoms with Gasteiger partial charge in [-0.2, -0.15) is 0 Å². The van der Waals surface area contributed by atoms with Crippen molar-refractivity contribution in [1.82, 2.24) is 0 Å². The molecule has 0 amide bonds. The second-order valence-electron chi connectivity index (χ2n) is 3.77. The molecule has 5 heteroatoms. The first-order chi connectivity index (χ1) is 6.53. The van der Waals surface area contributed by atoms with Gasteiger partial charge in [0.15, 0.2) is 0 Å². The first kappa shape index (κ1) is 9.99. The Kier molecular flexibility index (Phi) is 2.31. The lowest BCUT2D eigenvalue weighted by Gasteiger charge is -2.11. The van der Waals surface area contributed by atoms with Crippen molar-refractivity contribution in [1.29, 1.82) is 0 Å². The van der Waals surface area contributed by atoms with Crippen LogP contribution in [0.2, 0.25) is 5.02 Å². The smallest absolute Gasteiger partial charge is 0.423 e. The van der Waals surface area contributed by atoms with Crippen molar-refractivity contribution in [2.24, 2.45) is 5.73 Å². The number of halogens is 1. The maximum absolute atomic E-state index is 9.05. The normalized spacial score (nSPS) is 18.0. The third-order valence-corrected chi connectivity index (χ3v) is 2.98. The molecule has 0 unspecified atom stereocenters. The van der Waals surface area contributed by atoms with E-state index in [1.165, 1.54) is 0 Å². The van der Waals surface area contributed by atoms with E-state index in [0.717, 1.165) is 18.4 Å². The number of rotatable bonds is 2. The lowest BCUT2D eigenvalue weighted by atomic mass is 9.78. The minimum atomic E-state index is -1.54. The van der Waals surface area contributed by atoms with Crippen LogP contribution in [0.25, 0.3) is 0 Å². The van der Waals surface area contributed by atoms with Crippen LogP contribution in [0.15, 0.2) is 18.2 Å². The summed E-state index contributed by atoms with van der Waals surface area (Å²) in [7, 11) is -1.54. The largest absolute Gasteiger partial charge is 0.489 e. The molecule has 1 aromatic rings. The number of hydrogen-bond acceptors (Lipinski definition) is 3. The molecule has 0 aliphatic heterocycles. The van der Waals surface area contributed by atoms with Gasteiger partial charge in [0.2, 0.25) is 0 Å². The summed E-state index contributed by atoms with van der Waals surface area (Å²) in [5.74, 6) is 0. The highest BCUT2D eigenvalue weighted by atomic mass is 35.5. The van der Waals surface area contributed by atoms with Gasteiger partial charge >= 0.3 is 7.12 Å². The van der Waals surface area contributed by atoms with Gasteiger partial charge in [-0.1, -0.05) is 23.7 Å². The molecule has 0 aromatic heterocycles. The Bertz CT molecular complexity index is 366. The average Bonchev–Trinajstić information content (AvgIpc) is 2.85. The quantitative estimate of drug-likeness (QED) is 0.602. The van der Waals surface area contributed by atoms with Gasteiger partial charge in [0.05, 0.1) is 0 Å². The summed E-state index contributed by atoms with van der Waals surface area (Å²) in [4.78, 5) is 0. The van der Waals surface area contributed by atoms with Crippen LogP contribution in [-0.2, 0) is 5.54 Å². The van der Waals surface area contributed by atoms with Crippen molar-refractivity contribution in [3.63, 3.8) is 0 Å². The molecule has 1 saturated carbocycles. The van der Waals surface area contributed by atoms with Crippen molar-refractivity contribution in [3.8, 4) is 0 Å². The fraction of sp³-hybridized carbons (Fsp3) is 0.333. The molecular weight excluding hydrogens is 200 g/mol. The third-order valence-electron chi connectivity index (χ3n) is 2.64. The maximum atomic E-state index is 9.05. The van der Waals surface area contributed by atoms with Gasteiger partial charge in [-0.05, 0) is 24.5 Å². The van der Waals surface area contributed by atoms with Crippen LogP contribution in [0.4, 0.5) is 0 Å². The molecule has 0 bridgehead atoms. The molecule has 1 fully saturated rings. The Morgan fingerprint density at radius 3 is 2.50 bits per heavy atom. The predicted octanol–water partition coefficient (Wildman–Crippen LogP) is -0.0324. The fourth-order valence-corrected chi connectivity index (χ4v) is 1.69. The summed E-state index contributed by atoms with van der Waals surface area (Å²) >= 11 is 5.80. The summed E-state index contributed by atoms with van der Waals surface area (Å²) in [6, 6.07) is 5.15. The zero-order chi connectivity index (χ0) is 10.3. The van der Waals surface area contributed by atoms with E-state index in [-0.39, 0.29) is 5.54 Å². The van der Waals surface area contributed by atoms with E-state index in [1.807, 2.05) is 6.07 Å². The molecule has 1 aliphatic carbocycles. The van der Waals surface area contributed by atoms with E-state index in [4.69, 9.17) is 27.4 Å². The second kappa shape index (κ2) is 3.24. The number of benzene rings is 1. The Morgan fingerprint density at radius 2 is 2.00 bits per heavy atom. The number of hydrogen-bond donors (Lipinski definition) is 3. The standard InChI is InChI=1S/C9H11BClNO2/c11-8-2-1-6(9(12)3-4-9)5-7(8)10(13)14/h1-2,5,13-14H,3-4,12H2. The molecule has 0 radical (unpaired) electrons. The third kappa shape index (κ3) is 1.66. The van der Waals surface area contributed by atoms with Crippen LogP contribution in [-0.4, -0.2) is 17.2 Å². The molecule has 1 aromatic carbocycles. The monoisotopic (exact) mass is 211 g/mol. The topological polar surface area (TPSA) is 66.5 Å². The lowest BCUT2D eigenvalue weighted by Crippen LogP contribution is -2.32. The first-order valence-electron chi connectivity index (χ1n) is 4.48. The maximum Gasteiger partial charge on any atom is 0.489 e. The fourth-order valence-electron chi connectivity index (χ4n) is 1.47. The van der Waals surface area contributed by atoms with E-state index in [0.29, 0.717) is 10.5 Å². The molecule has 0 saturated heterocycles. The Morgan fingerprint density at radius 1 is 1.36 bits per heavy atom. The van der Waals surface area contributed by atoms with Gasteiger partial charge in [-0.3, -0.25) is 0 Å². The van der Waals surface area contributed by atoms with Crippen LogP contribution in [0, 0.1) is 0 Å². The van der Waals surface area contributed by atoms with Crippen molar-refractivity contribution in [2.45, 2.75) is 18.4 Å². The summed E-state index contributed by atoms with van der Waals surface area (Å²) in [5.41, 5.74) is 6.95. The highest BCUT2D eigenvalue weighted by molar-refractivity contribution is 6.62. The van der Waals surface area contributed by atoms with E-state index in [9.17, 15) is 0 Å². The highest BCUT2D eigenvalue weighted by Crippen LogP contribution is 2.42. The van der Waals surface area contributed by atoms with Gasteiger partial charge < -0.3 is 15.8 Å². The van der Waals surface area contributed by atoms with E-state index in [1.54, 1.807) is 12.1 Å². The van der Waals surface area contributed by atoms with E-state index >= 15 is 0 Å². The zero-order valence-corrected chi connectivity index (χ0v) is 8.33. The van der Waals surface area contributed by atoms with Gasteiger partial charge in [0.1, 0.15) is 0 Å². The van der Waals surface area contributed by atoms with E-state index in [2.05, 4.69) is 0 Å². The summed E-state index contributed by atoms with van der Waals surface area (Å²) in [5, 5.41) is 18.4. The van der Waals surface area contributed by atoms with Crippen LogP contribution < -0.4 is 11.2 Å². The van der Waals surface area contributed by atoms with Crippen molar-refractivity contribution >= 4 is 24.2 Å². The van der Waals surface area contributed by atoms with Crippen LogP contribution in [0.3, 0.4) is 0 Å². The zero-order valence-electron chi connectivity index (χ0n) is 7.57. The van der Waals surface area contributed by atoms with Crippen LogP contribution in [0.1, 0.15) is 18.4 Å². The first-order valence-corrected chi connectivity index (χ1v) is 4.86. The van der Waals surface area contributed by atoms with Crippen molar-refractivity contribution in [3.05, 3.63) is 28.8 Å². The van der Waals surface area contributed by atoms with Gasteiger partial charge in [0, 0.05) is 16.0 Å². The van der Waals surface area contributed by atoms with Crippen LogP contribution >= 0.6 is 11.6 Å². The molecule has 2 rings (SSSR count). The minimum absolute atomic E-state index is 0.270. The summed E-state index contributed by atoms with van der Waals surface area (Å²) < 4.78 is 0.